The molecule has 0 saturated carbocycles. The Hall–Kier alpha value is -3.29. The molecule has 36 heavy (non-hydrogen) atoms. The summed E-state index contributed by atoms with van der Waals surface area (Å²) in [6.45, 7) is 5.45. The molecule has 4 rings (SSSR count). The zero-order valence-corrected chi connectivity index (χ0v) is 21.7. The topological polar surface area (TPSA) is 83.4 Å². The molecular formula is C27H28Cl2N4O3. The lowest BCUT2D eigenvalue weighted by molar-refractivity contribution is -0.122. The first-order valence-corrected chi connectivity index (χ1v) is 12.7. The van der Waals surface area contributed by atoms with Crippen molar-refractivity contribution >= 4 is 52.2 Å². The highest BCUT2D eigenvalue weighted by atomic mass is 35.5. The number of amides is 2. The number of ketones is 1. The van der Waals surface area contributed by atoms with Gasteiger partial charge in [0.2, 0.25) is 11.8 Å². The van der Waals surface area contributed by atoms with Gasteiger partial charge in [0.1, 0.15) is 5.88 Å². The van der Waals surface area contributed by atoms with Gasteiger partial charge in [-0.1, -0.05) is 11.6 Å². The number of hydrogen-bond donors (Lipinski definition) is 2. The molecule has 188 valence electrons. The van der Waals surface area contributed by atoms with Gasteiger partial charge in [0.15, 0.2) is 5.78 Å². The van der Waals surface area contributed by atoms with E-state index in [0.717, 1.165) is 48.7 Å². The number of aromatic nitrogens is 1. The molecule has 7 nitrogen and oxygen atoms in total. The Morgan fingerprint density at radius 2 is 1.56 bits per heavy atom. The Morgan fingerprint density at radius 3 is 2.22 bits per heavy atom. The number of nitrogens with zero attached hydrogens (tertiary/aromatic N) is 2. The molecule has 1 aromatic heterocycles. The van der Waals surface area contributed by atoms with Crippen molar-refractivity contribution in [2.45, 2.75) is 26.7 Å². The molecule has 1 saturated heterocycles. The average molecular weight is 527 g/mol. The van der Waals surface area contributed by atoms with E-state index in [2.05, 4.69) is 15.5 Å². The Morgan fingerprint density at radius 1 is 0.889 bits per heavy atom. The highest BCUT2D eigenvalue weighted by Crippen LogP contribution is 2.30. The van der Waals surface area contributed by atoms with Gasteiger partial charge < -0.3 is 20.1 Å². The molecule has 0 atom stereocenters. The number of rotatable bonds is 8. The number of benzene rings is 2. The fraction of sp³-hybridized carbons (Fsp3) is 0.296. The summed E-state index contributed by atoms with van der Waals surface area (Å²) in [5, 5.41) is 5.91. The van der Waals surface area contributed by atoms with Gasteiger partial charge in [-0.25, -0.2) is 0 Å². The molecule has 2 N–H and O–H groups in total. The molecule has 2 amide bonds. The summed E-state index contributed by atoms with van der Waals surface area (Å²) < 4.78 is 2.00. The van der Waals surface area contributed by atoms with Crippen LogP contribution >= 0.6 is 23.2 Å². The fourth-order valence-electron chi connectivity index (χ4n) is 4.55. The number of carbonyl (C=O) groups is 3. The molecule has 0 unspecified atom stereocenters. The van der Waals surface area contributed by atoms with Crippen LogP contribution in [0.25, 0.3) is 5.69 Å². The monoisotopic (exact) mass is 526 g/mol. The third-order valence-electron chi connectivity index (χ3n) is 6.32. The predicted octanol–water partition coefficient (Wildman–Crippen LogP) is 4.87. The van der Waals surface area contributed by atoms with Gasteiger partial charge in [0.25, 0.3) is 0 Å². The summed E-state index contributed by atoms with van der Waals surface area (Å²) in [4.78, 5) is 40.1. The third kappa shape index (κ3) is 5.58. The van der Waals surface area contributed by atoms with E-state index < -0.39 is 11.8 Å². The van der Waals surface area contributed by atoms with Crippen molar-refractivity contribution < 1.29 is 14.4 Å². The van der Waals surface area contributed by atoms with E-state index in [1.165, 1.54) is 0 Å². The molecule has 1 fully saturated rings. The lowest BCUT2D eigenvalue weighted by Crippen LogP contribution is -2.33. The van der Waals surface area contributed by atoms with E-state index >= 15 is 0 Å². The number of nitrogens with one attached hydrogen (secondary N) is 2. The Labute approximate surface area is 220 Å². The highest BCUT2D eigenvalue weighted by Gasteiger charge is 2.23. The van der Waals surface area contributed by atoms with Gasteiger partial charge >= 0.3 is 0 Å². The zero-order valence-electron chi connectivity index (χ0n) is 20.2. The van der Waals surface area contributed by atoms with E-state index in [1.807, 2.05) is 60.9 Å². The molecule has 0 radical (unpaired) electrons. The second kappa shape index (κ2) is 11.2. The van der Waals surface area contributed by atoms with Crippen molar-refractivity contribution in [2.24, 2.45) is 0 Å². The molecular weight excluding hydrogens is 499 g/mol. The SMILES string of the molecule is Cc1cc(C(=O)c2ccc(N3CCCC3)cc2NC(=O)CNC(=O)CCl)c(C)n1-c1ccc(Cl)cc1. The summed E-state index contributed by atoms with van der Waals surface area (Å²) in [5.41, 5.74) is 4.87. The predicted molar refractivity (Wildman–Crippen MR) is 144 cm³/mol. The van der Waals surface area contributed by atoms with E-state index in [4.69, 9.17) is 23.2 Å². The van der Waals surface area contributed by atoms with Crippen LogP contribution in [0.2, 0.25) is 5.02 Å². The standard InChI is InChI=1S/C27H28Cl2N4O3/c1-17-13-23(18(2)33(17)20-7-5-19(29)6-8-20)27(36)22-10-9-21(32-11-3-4-12-32)14-24(22)31-26(35)16-30-25(34)15-28/h5-10,13-14H,3-4,11-12,15-16H2,1-2H3,(H,30,34)(H,31,35). The summed E-state index contributed by atoms with van der Waals surface area (Å²) >= 11 is 11.6. The molecule has 1 aliphatic rings. The van der Waals surface area contributed by atoms with E-state index in [0.29, 0.717) is 21.8 Å². The van der Waals surface area contributed by atoms with Crippen molar-refractivity contribution in [3.05, 3.63) is 76.1 Å². The second-order valence-corrected chi connectivity index (χ2v) is 9.51. The number of aryl methyl sites for hydroxylation is 1. The minimum atomic E-state index is -0.441. The number of halogens is 2. The van der Waals surface area contributed by atoms with Crippen LogP contribution in [0.3, 0.4) is 0 Å². The smallest absolute Gasteiger partial charge is 0.243 e. The first-order chi connectivity index (χ1) is 17.3. The van der Waals surface area contributed by atoms with Gasteiger partial charge in [0, 0.05) is 52.0 Å². The molecule has 9 heteroatoms. The average Bonchev–Trinajstić information content (AvgIpc) is 3.51. The Bertz CT molecular complexity index is 1300. The van der Waals surface area contributed by atoms with Gasteiger partial charge in [-0.15, -0.1) is 11.6 Å². The molecule has 2 aromatic carbocycles. The maximum absolute atomic E-state index is 13.8. The number of hydrogen-bond acceptors (Lipinski definition) is 4. The quantitative estimate of drug-likeness (QED) is 0.324. The van der Waals surface area contributed by atoms with Crippen LogP contribution in [0.15, 0.2) is 48.5 Å². The van der Waals surface area contributed by atoms with Crippen molar-refractivity contribution in [3.63, 3.8) is 0 Å². The van der Waals surface area contributed by atoms with Crippen molar-refractivity contribution in [1.82, 2.24) is 9.88 Å². The largest absolute Gasteiger partial charge is 0.371 e. The van der Waals surface area contributed by atoms with Crippen molar-refractivity contribution in [1.29, 1.82) is 0 Å². The number of carbonyl (C=O) groups excluding carboxylic acids is 3. The Balaban J connectivity index is 1.68. The van der Waals surface area contributed by atoms with Gasteiger partial charge in [-0.2, -0.15) is 0 Å². The minimum absolute atomic E-state index is 0.198. The van der Waals surface area contributed by atoms with Gasteiger partial charge in [0.05, 0.1) is 12.2 Å². The maximum atomic E-state index is 13.8. The minimum Gasteiger partial charge on any atom is -0.371 e. The van der Waals surface area contributed by atoms with Crippen LogP contribution in [0.4, 0.5) is 11.4 Å². The van der Waals surface area contributed by atoms with Crippen LogP contribution in [0.1, 0.15) is 40.2 Å². The first-order valence-electron chi connectivity index (χ1n) is 11.8. The highest BCUT2D eigenvalue weighted by molar-refractivity contribution is 6.30. The summed E-state index contributed by atoms with van der Waals surface area (Å²) in [6.07, 6.45) is 2.20. The molecule has 0 aliphatic carbocycles. The normalized spacial score (nSPS) is 13.1. The summed E-state index contributed by atoms with van der Waals surface area (Å²) in [6, 6.07) is 14.8. The lowest BCUT2D eigenvalue weighted by atomic mass is 10.0. The Kier molecular flexibility index (Phi) is 8.01. The second-order valence-electron chi connectivity index (χ2n) is 8.81. The van der Waals surface area contributed by atoms with Crippen LogP contribution < -0.4 is 15.5 Å². The van der Waals surface area contributed by atoms with Crippen LogP contribution in [-0.4, -0.2) is 47.7 Å². The zero-order chi connectivity index (χ0) is 25.8. The number of anilines is 2. The van der Waals surface area contributed by atoms with Crippen LogP contribution in [0.5, 0.6) is 0 Å². The molecule has 2 heterocycles. The van der Waals surface area contributed by atoms with Crippen molar-refractivity contribution in [2.75, 3.05) is 35.7 Å². The van der Waals surface area contributed by atoms with E-state index in [1.54, 1.807) is 6.07 Å². The number of alkyl halides is 1. The van der Waals surface area contributed by atoms with E-state index in [-0.39, 0.29) is 18.2 Å². The fourth-order valence-corrected chi connectivity index (χ4v) is 4.77. The van der Waals surface area contributed by atoms with Crippen LogP contribution in [-0.2, 0) is 9.59 Å². The first kappa shape index (κ1) is 25.8. The third-order valence-corrected chi connectivity index (χ3v) is 6.82. The van der Waals surface area contributed by atoms with Gasteiger partial charge in [-0.05, 0) is 75.2 Å². The maximum Gasteiger partial charge on any atom is 0.243 e. The molecule has 3 aromatic rings. The van der Waals surface area contributed by atoms with E-state index in [9.17, 15) is 14.4 Å². The summed E-state index contributed by atoms with van der Waals surface area (Å²) in [5.74, 6) is -1.31. The molecule has 0 bridgehead atoms. The lowest BCUT2D eigenvalue weighted by Gasteiger charge is -2.20. The molecule has 0 spiro atoms. The summed E-state index contributed by atoms with van der Waals surface area (Å²) in [7, 11) is 0. The van der Waals surface area contributed by atoms with Gasteiger partial charge in [-0.3, -0.25) is 14.4 Å². The molecule has 1 aliphatic heterocycles. The van der Waals surface area contributed by atoms with Crippen LogP contribution in [0, 0.1) is 13.8 Å². The van der Waals surface area contributed by atoms with Crippen molar-refractivity contribution in [3.8, 4) is 5.69 Å².